The highest BCUT2D eigenvalue weighted by Gasteiger charge is 2.39. The summed E-state index contributed by atoms with van der Waals surface area (Å²) in [6.07, 6.45) is 0.0822. The fourth-order valence-electron chi connectivity index (χ4n) is 2.85. The lowest BCUT2D eigenvalue weighted by molar-refractivity contribution is -0.129. The second-order valence-corrected chi connectivity index (χ2v) is 7.58. The maximum Gasteiger partial charge on any atom is 0.242 e. The van der Waals surface area contributed by atoms with Gasteiger partial charge in [0.25, 0.3) is 0 Å². The summed E-state index contributed by atoms with van der Waals surface area (Å²) >= 11 is 1.25. The van der Waals surface area contributed by atoms with Crippen molar-refractivity contribution in [1.29, 1.82) is 0 Å². The number of amidine groups is 1. The number of hydrogen-bond acceptors (Lipinski definition) is 5. The first-order valence-corrected chi connectivity index (χ1v) is 10.1. The molecule has 0 unspecified atom stereocenters. The van der Waals surface area contributed by atoms with Gasteiger partial charge in [-0.25, -0.2) is 9.38 Å². The maximum absolute atomic E-state index is 13.2. The summed E-state index contributed by atoms with van der Waals surface area (Å²) in [5, 5.41) is 2.67. The molecule has 0 spiro atoms. The lowest BCUT2D eigenvalue weighted by atomic mass is 10.2. The molecular weight excluding hydrogens is 393 g/mol. The van der Waals surface area contributed by atoms with E-state index < -0.39 is 5.25 Å². The summed E-state index contributed by atoms with van der Waals surface area (Å²) in [6, 6.07) is 13.2. The molecule has 2 aromatic rings. The van der Waals surface area contributed by atoms with Gasteiger partial charge in [0.05, 0.1) is 19.3 Å². The van der Waals surface area contributed by atoms with Crippen molar-refractivity contribution < 1.29 is 18.7 Å². The Balaban J connectivity index is 1.85. The van der Waals surface area contributed by atoms with Crippen molar-refractivity contribution in [1.82, 2.24) is 10.2 Å². The van der Waals surface area contributed by atoms with E-state index in [-0.39, 0.29) is 24.1 Å². The molecule has 1 aliphatic rings. The number of benzene rings is 2. The lowest BCUT2D eigenvalue weighted by Gasteiger charge is -2.17. The van der Waals surface area contributed by atoms with Crippen molar-refractivity contribution in [2.24, 2.45) is 4.99 Å². The highest BCUT2D eigenvalue weighted by molar-refractivity contribution is 8.15. The summed E-state index contributed by atoms with van der Waals surface area (Å²) in [5.41, 5.74) is 1.45. The Morgan fingerprint density at radius 3 is 2.52 bits per heavy atom. The molecule has 152 valence electrons. The van der Waals surface area contributed by atoms with Gasteiger partial charge in [0.1, 0.15) is 16.8 Å². The summed E-state index contributed by atoms with van der Waals surface area (Å²) in [4.78, 5) is 31.1. The van der Waals surface area contributed by atoms with Gasteiger partial charge in [-0.1, -0.05) is 23.9 Å². The van der Waals surface area contributed by atoms with Gasteiger partial charge in [0, 0.05) is 13.0 Å². The van der Waals surface area contributed by atoms with Gasteiger partial charge in [-0.2, -0.15) is 0 Å². The lowest BCUT2D eigenvalue weighted by Crippen LogP contribution is -2.34. The molecule has 1 N–H and O–H groups in total. The van der Waals surface area contributed by atoms with Crippen LogP contribution in [0.5, 0.6) is 5.75 Å². The molecule has 0 saturated carbocycles. The van der Waals surface area contributed by atoms with Gasteiger partial charge in [0.15, 0.2) is 5.17 Å². The Morgan fingerprint density at radius 1 is 1.21 bits per heavy atom. The minimum atomic E-state index is -0.543. The molecule has 3 rings (SSSR count). The molecule has 2 aromatic carbocycles. The molecule has 0 radical (unpaired) electrons. The molecule has 6 nitrogen and oxygen atoms in total. The van der Waals surface area contributed by atoms with Gasteiger partial charge in [-0.3, -0.25) is 14.5 Å². The average molecular weight is 415 g/mol. The van der Waals surface area contributed by atoms with Gasteiger partial charge in [-0.05, 0) is 48.9 Å². The summed E-state index contributed by atoms with van der Waals surface area (Å²) in [7, 11) is 1.59. The number of aliphatic imine (C=N–C) groups is 1. The molecule has 8 heteroatoms. The number of halogens is 1. The first-order chi connectivity index (χ1) is 14.0. The van der Waals surface area contributed by atoms with Crippen molar-refractivity contribution in [3.05, 3.63) is 59.9 Å². The fourth-order valence-corrected chi connectivity index (χ4v) is 4.01. The van der Waals surface area contributed by atoms with Gasteiger partial charge < -0.3 is 10.1 Å². The van der Waals surface area contributed by atoms with E-state index in [2.05, 4.69) is 10.3 Å². The number of carbonyl (C=O) groups excluding carboxylic acids is 2. The fraction of sp³-hybridized carbons (Fsp3) is 0.286. The van der Waals surface area contributed by atoms with E-state index in [1.54, 1.807) is 24.1 Å². The smallest absolute Gasteiger partial charge is 0.242 e. The minimum Gasteiger partial charge on any atom is -0.497 e. The van der Waals surface area contributed by atoms with Crippen LogP contribution in [0.15, 0.2) is 53.5 Å². The van der Waals surface area contributed by atoms with Crippen LogP contribution in [0.2, 0.25) is 0 Å². The van der Waals surface area contributed by atoms with Crippen LogP contribution in [0.4, 0.5) is 10.1 Å². The first-order valence-electron chi connectivity index (χ1n) is 9.22. The van der Waals surface area contributed by atoms with Crippen LogP contribution in [-0.2, 0) is 16.1 Å². The molecule has 0 bridgehead atoms. The second kappa shape index (κ2) is 9.56. The Morgan fingerprint density at radius 2 is 1.90 bits per heavy atom. The number of methoxy groups -OCH3 is 1. The molecule has 1 fully saturated rings. The number of thioether (sulfide) groups is 1. The zero-order valence-electron chi connectivity index (χ0n) is 16.2. The predicted octanol–water partition coefficient (Wildman–Crippen LogP) is 3.49. The third kappa shape index (κ3) is 5.35. The number of rotatable bonds is 7. The first kappa shape index (κ1) is 20.9. The Bertz CT molecular complexity index is 900. The quantitative estimate of drug-likeness (QED) is 0.752. The third-order valence-electron chi connectivity index (χ3n) is 4.32. The summed E-state index contributed by atoms with van der Waals surface area (Å²) in [5.74, 6) is 0.0298. The number of carbonyl (C=O) groups is 2. The molecule has 0 aliphatic carbocycles. The van der Waals surface area contributed by atoms with E-state index in [1.807, 2.05) is 31.2 Å². The van der Waals surface area contributed by atoms with Crippen LogP contribution in [0, 0.1) is 5.82 Å². The van der Waals surface area contributed by atoms with E-state index >= 15 is 0 Å². The normalized spacial score (nSPS) is 17.6. The molecule has 1 heterocycles. The highest BCUT2D eigenvalue weighted by Crippen LogP contribution is 2.33. The Hall–Kier alpha value is -2.87. The second-order valence-electron chi connectivity index (χ2n) is 6.41. The molecule has 29 heavy (non-hydrogen) atoms. The van der Waals surface area contributed by atoms with Crippen molar-refractivity contribution in [3.63, 3.8) is 0 Å². The van der Waals surface area contributed by atoms with E-state index in [9.17, 15) is 14.0 Å². The van der Waals surface area contributed by atoms with E-state index in [0.29, 0.717) is 23.9 Å². The summed E-state index contributed by atoms with van der Waals surface area (Å²) in [6.45, 7) is 2.66. The molecule has 0 aromatic heterocycles. The van der Waals surface area contributed by atoms with Gasteiger partial charge in [-0.15, -0.1) is 0 Å². The number of nitrogens with one attached hydrogen (secondary N) is 1. The van der Waals surface area contributed by atoms with Gasteiger partial charge in [0.2, 0.25) is 11.8 Å². The predicted molar refractivity (Wildman–Crippen MR) is 112 cm³/mol. The molecule has 1 saturated heterocycles. The highest BCUT2D eigenvalue weighted by atomic mass is 32.2. The monoisotopic (exact) mass is 415 g/mol. The molecular formula is C21H22FN3O3S. The largest absolute Gasteiger partial charge is 0.497 e. The minimum absolute atomic E-state index is 0.0822. The Kier molecular flexibility index (Phi) is 6.87. The standard InChI is InChI=1S/C21H22FN3O3S/c1-3-23-19(26)12-18-20(27)25(13-14-4-10-17(28-2)11-5-14)21(29-18)24-16-8-6-15(22)7-9-16/h4-11,18H,3,12-13H2,1-2H3,(H,23,26)/t18-/m1/s1. The van der Waals surface area contributed by atoms with E-state index in [4.69, 9.17) is 4.74 Å². The topological polar surface area (TPSA) is 71.0 Å². The zero-order chi connectivity index (χ0) is 20.8. The summed E-state index contributed by atoms with van der Waals surface area (Å²) < 4.78 is 18.4. The number of amides is 2. The zero-order valence-corrected chi connectivity index (χ0v) is 17.0. The van der Waals surface area contributed by atoms with Crippen LogP contribution in [-0.4, -0.2) is 40.8 Å². The Labute approximate surface area is 173 Å². The van der Waals surface area contributed by atoms with E-state index in [1.165, 1.54) is 23.9 Å². The van der Waals surface area contributed by atoms with Crippen LogP contribution >= 0.6 is 11.8 Å². The van der Waals surface area contributed by atoms with Crippen LogP contribution in [0.1, 0.15) is 18.9 Å². The number of hydrogen-bond donors (Lipinski definition) is 1. The van der Waals surface area contributed by atoms with Crippen LogP contribution < -0.4 is 10.1 Å². The maximum atomic E-state index is 13.2. The van der Waals surface area contributed by atoms with Crippen LogP contribution in [0.3, 0.4) is 0 Å². The number of nitrogens with zero attached hydrogens (tertiary/aromatic N) is 2. The molecule has 1 aliphatic heterocycles. The molecule has 2 amide bonds. The van der Waals surface area contributed by atoms with Gasteiger partial charge >= 0.3 is 0 Å². The third-order valence-corrected chi connectivity index (χ3v) is 5.49. The molecule has 1 atom stereocenters. The SMILES string of the molecule is CCNC(=O)C[C@H]1SC(=Nc2ccc(F)cc2)N(Cc2ccc(OC)cc2)C1=O. The van der Waals surface area contributed by atoms with Crippen molar-refractivity contribution in [2.45, 2.75) is 25.1 Å². The number of ether oxygens (including phenoxy) is 1. The van der Waals surface area contributed by atoms with Crippen molar-refractivity contribution >= 4 is 34.4 Å². The average Bonchev–Trinajstić information content (AvgIpc) is 2.99. The van der Waals surface area contributed by atoms with Crippen molar-refractivity contribution in [2.75, 3.05) is 13.7 Å². The van der Waals surface area contributed by atoms with E-state index in [0.717, 1.165) is 11.3 Å². The van der Waals surface area contributed by atoms with Crippen molar-refractivity contribution in [3.8, 4) is 5.75 Å². The van der Waals surface area contributed by atoms with Crippen LogP contribution in [0.25, 0.3) is 0 Å².